The van der Waals surface area contributed by atoms with E-state index in [0.717, 1.165) is 17.1 Å². The van der Waals surface area contributed by atoms with Gasteiger partial charge in [-0.25, -0.2) is 4.99 Å². The molecule has 5 nitrogen and oxygen atoms in total. The van der Waals surface area contributed by atoms with Gasteiger partial charge in [0.1, 0.15) is 0 Å². The number of hydrogen-bond donors (Lipinski definition) is 1. The van der Waals surface area contributed by atoms with Gasteiger partial charge in [-0.15, -0.1) is 6.58 Å². The third-order valence-corrected chi connectivity index (χ3v) is 4.42. The standard InChI is InChI=1S/C21H24N4O/c1-4-19(18-7-5-6-17(12-18)15(3)26)22-11-10-14(2)23-21-13-20(24-25-21)16-8-9-16/h4-7,11-13,16,19H,1,8-10H2,2-3H3,(H,24,25). The highest BCUT2D eigenvalue weighted by atomic mass is 16.1. The number of aromatic amines is 1. The highest BCUT2D eigenvalue weighted by Crippen LogP contribution is 2.39. The first-order chi connectivity index (χ1) is 12.6. The first kappa shape index (κ1) is 18.0. The van der Waals surface area contributed by atoms with Crippen molar-refractivity contribution in [2.24, 2.45) is 9.98 Å². The molecule has 1 atom stereocenters. The van der Waals surface area contributed by atoms with Crippen LogP contribution in [0, 0.1) is 0 Å². The second kappa shape index (κ2) is 8.04. The maximum absolute atomic E-state index is 11.5. The molecule has 26 heavy (non-hydrogen) atoms. The predicted molar refractivity (Wildman–Crippen MR) is 106 cm³/mol. The Kier molecular flexibility index (Phi) is 5.56. The zero-order valence-corrected chi connectivity index (χ0v) is 15.3. The van der Waals surface area contributed by atoms with Crippen molar-refractivity contribution in [1.82, 2.24) is 10.2 Å². The summed E-state index contributed by atoms with van der Waals surface area (Å²) >= 11 is 0. The Labute approximate surface area is 154 Å². The predicted octanol–water partition coefficient (Wildman–Crippen LogP) is 4.97. The number of ketones is 1. The molecule has 1 saturated carbocycles. The molecule has 2 aromatic rings. The van der Waals surface area contributed by atoms with E-state index in [1.165, 1.54) is 18.5 Å². The zero-order chi connectivity index (χ0) is 18.5. The maximum Gasteiger partial charge on any atom is 0.173 e. The minimum absolute atomic E-state index is 0.0474. The van der Waals surface area contributed by atoms with Crippen molar-refractivity contribution < 1.29 is 4.79 Å². The first-order valence-corrected chi connectivity index (χ1v) is 8.91. The number of nitrogens with zero attached hydrogens (tertiary/aromatic N) is 3. The summed E-state index contributed by atoms with van der Waals surface area (Å²) in [6.07, 6.45) is 6.75. The topological polar surface area (TPSA) is 70.5 Å². The molecular formula is C21H24N4O. The van der Waals surface area contributed by atoms with E-state index in [-0.39, 0.29) is 11.8 Å². The highest BCUT2D eigenvalue weighted by molar-refractivity contribution is 5.95. The Hall–Kier alpha value is -2.82. The third kappa shape index (κ3) is 4.63. The van der Waals surface area contributed by atoms with E-state index >= 15 is 0 Å². The number of benzene rings is 1. The van der Waals surface area contributed by atoms with Crippen molar-refractivity contribution in [3.8, 4) is 0 Å². The van der Waals surface area contributed by atoms with Crippen LogP contribution in [0.15, 0.2) is 53.0 Å². The van der Waals surface area contributed by atoms with Gasteiger partial charge in [-0.05, 0) is 38.3 Å². The Morgan fingerprint density at radius 1 is 1.38 bits per heavy atom. The van der Waals surface area contributed by atoms with Crippen molar-refractivity contribution in [2.45, 2.75) is 45.1 Å². The molecule has 0 amide bonds. The summed E-state index contributed by atoms with van der Waals surface area (Å²) in [4.78, 5) is 20.7. The van der Waals surface area contributed by atoms with Gasteiger partial charge in [0.05, 0.1) is 6.04 Å². The van der Waals surface area contributed by atoms with Crippen LogP contribution in [0.2, 0.25) is 0 Å². The molecule has 1 heterocycles. The number of carbonyl (C=O) groups excluding carboxylic acids is 1. The van der Waals surface area contributed by atoms with Gasteiger partial charge < -0.3 is 0 Å². The Balaban J connectivity index is 1.63. The highest BCUT2D eigenvalue weighted by Gasteiger charge is 2.25. The second-order valence-electron chi connectivity index (χ2n) is 6.70. The summed E-state index contributed by atoms with van der Waals surface area (Å²) in [6.45, 7) is 7.39. The molecular weight excluding hydrogens is 324 g/mol. The fraction of sp³-hybridized carbons (Fsp3) is 0.333. The number of H-pyrrole nitrogens is 1. The number of rotatable bonds is 8. The summed E-state index contributed by atoms with van der Waals surface area (Å²) in [5.74, 6) is 1.42. The summed E-state index contributed by atoms with van der Waals surface area (Å²) in [7, 11) is 0. The summed E-state index contributed by atoms with van der Waals surface area (Å²) in [6, 6.07) is 9.37. The van der Waals surface area contributed by atoms with Gasteiger partial charge in [0.2, 0.25) is 0 Å². The van der Waals surface area contributed by atoms with Crippen LogP contribution in [0.1, 0.15) is 66.7 Å². The van der Waals surface area contributed by atoms with Gasteiger partial charge in [-0.1, -0.05) is 24.3 Å². The molecule has 5 heteroatoms. The van der Waals surface area contributed by atoms with Gasteiger partial charge in [-0.3, -0.25) is 14.9 Å². The molecule has 1 N–H and O–H groups in total. The fourth-order valence-corrected chi connectivity index (χ4v) is 2.75. The van der Waals surface area contributed by atoms with E-state index in [2.05, 4.69) is 26.8 Å². The average Bonchev–Trinajstić information content (AvgIpc) is 3.38. The summed E-state index contributed by atoms with van der Waals surface area (Å²) < 4.78 is 0. The second-order valence-corrected chi connectivity index (χ2v) is 6.70. The molecule has 134 valence electrons. The van der Waals surface area contributed by atoms with Crippen molar-refractivity contribution in [2.75, 3.05) is 0 Å². The van der Waals surface area contributed by atoms with Crippen molar-refractivity contribution in [1.29, 1.82) is 0 Å². The van der Waals surface area contributed by atoms with Crippen LogP contribution in [0.5, 0.6) is 0 Å². The zero-order valence-electron chi connectivity index (χ0n) is 15.3. The van der Waals surface area contributed by atoms with Crippen molar-refractivity contribution in [3.05, 3.63) is 59.8 Å². The fourth-order valence-electron chi connectivity index (χ4n) is 2.75. The number of aromatic nitrogens is 2. The molecule has 1 aliphatic rings. The van der Waals surface area contributed by atoms with E-state index in [4.69, 9.17) is 0 Å². The lowest BCUT2D eigenvalue weighted by Crippen LogP contribution is -1.98. The Morgan fingerprint density at radius 3 is 2.88 bits per heavy atom. The Morgan fingerprint density at radius 2 is 2.19 bits per heavy atom. The number of aliphatic imine (C=N–C) groups is 2. The molecule has 1 aromatic carbocycles. The average molecular weight is 348 g/mol. The molecule has 0 bridgehead atoms. The number of nitrogens with one attached hydrogen (secondary N) is 1. The van der Waals surface area contributed by atoms with Crippen molar-refractivity contribution in [3.63, 3.8) is 0 Å². The quantitative estimate of drug-likeness (QED) is 0.415. The van der Waals surface area contributed by atoms with Gasteiger partial charge in [0.25, 0.3) is 0 Å². The minimum atomic E-state index is -0.172. The molecule has 1 fully saturated rings. The van der Waals surface area contributed by atoms with Crippen LogP contribution in [0.3, 0.4) is 0 Å². The number of hydrogen-bond acceptors (Lipinski definition) is 4. The van der Waals surface area contributed by atoms with Gasteiger partial charge in [0.15, 0.2) is 11.6 Å². The van der Waals surface area contributed by atoms with Gasteiger partial charge >= 0.3 is 0 Å². The lowest BCUT2D eigenvalue weighted by Gasteiger charge is -2.09. The van der Waals surface area contributed by atoms with Crippen LogP contribution < -0.4 is 0 Å². The van der Waals surface area contributed by atoms with Crippen LogP contribution in [0.25, 0.3) is 0 Å². The smallest absolute Gasteiger partial charge is 0.173 e. The van der Waals surface area contributed by atoms with E-state index in [0.29, 0.717) is 17.9 Å². The monoisotopic (exact) mass is 348 g/mol. The molecule has 3 rings (SSSR count). The number of carbonyl (C=O) groups is 1. The van der Waals surface area contributed by atoms with Crippen LogP contribution in [0.4, 0.5) is 5.82 Å². The van der Waals surface area contributed by atoms with E-state index < -0.39 is 0 Å². The largest absolute Gasteiger partial charge is 0.295 e. The number of Topliss-reactive ketones (excluding diaryl/α,β-unsaturated/α-hetero) is 1. The lowest BCUT2D eigenvalue weighted by atomic mass is 10.0. The molecule has 0 spiro atoms. The summed E-state index contributed by atoms with van der Waals surface area (Å²) in [5, 5.41) is 7.31. The van der Waals surface area contributed by atoms with Crippen LogP contribution in [-0.2, 0) is 0 Å². The maximum atomic E-state index is 11.5. The SMILES string of the molecule is C=CC(N=CCC(C)=Nc1cc(C2CC2)[nH]n1)c1cccc(C(C)=O)c1. The van der Waals surface area contributed by atoms with Crippen LogP contribution >= 0.6 is 0 Å². The van der Waals surface area contributed by atoms with Crippen molar-refractivity contribution >= 4 is 23.5 Å². The first-order valence-electron chi connectivity index (χ1n) is 8.91. The van der Waals surface area contributed by atoms with E-state index in [9.17, 15) is 4.79 Å². The van der Waals surface area contributed by atoms with Gasteiger partial charge in [-0.2, -0.15) is 5.10 Å². The molecule has 1 aliphatic carbocycles. The minimum Gasteiger partial charge on any atom is -0.295 e. The van der Waals surface area contributed by atoms with Crippen LogP contribution in [-0.4, -0.2) is 27.9 Å². The molecule has 1 unspecified atom stereocenters. The molecule has 0 aliphatic heterocycles. The van der Waals surface area contributed by atoms with Gasteiger partial charge in [0, 0.05) is 41.6 Å². The normalized spacial score (nSPS) is 16.0. The molecule has 0 radical (unpaired) electrons. The molecule has 1 aromatic heterocycles. The third-order valence-electron chi connectivity index (χ3n) is 4.42. The molecule has 0 saturated heterocycles. The van der Waals surface area contributed by atoms with E-state index in [1.807, 2.05) is 43.5 Å². The Bertz CT molecular complexity index is 858. The summed E-state index contributed by atoms with van der Waals surface area (Å²) in [5.41, 5.74) is 3.78. The lowest BCUT2D eigenvalue weighted by molar-refractivity contribution is 0.101. The van der Waals surface area contributed by atoms with E-state index in [1.54, 1.807) is 13.0 Å².